The number of carbonyl (C=O) groups excluding carboxylic acids is 1. The van der Waals surface area contributed by atoms with Crippen LogP contribution in [0.25, 0.3) is 0 Å². The topological polar surface area (TPSA) is 69.5 Å². The van der Waals surface area contributed by atoms with Gasteiger partial charge in [0.15, 0.2) is 5.50 Å². The molecule has 2 heterocycles. The lowest BCUT2D eigenvalue weighted by Crippen LogP contribution is -2.55. The van der Waals surface area contributed by atoms with Crippen LogP contribution >= 0.6 is 12.6 Å². The molecule has 1 amide bonds. The molecule has 0 bridgehead atoms. The van der Waals surface area contributed by atoms with E-state index in [1.165, 1.54) is 0 Å². The number of hydrogen-bond donors (Lipinski definition) is 1. The maximum atomic E-state index is 13.4. The molecule has 1 saturated heterocycles. The lowest BCUT2D eigenvalue weighted by Gasteiger charge is -2.44. The van der Waals surface area contributed by atoms with Crippen LogP contribution in [0.1, 0.15) is 30.5 Å². The van der Waals surface area contributed by atoms with E-state index in [1.54, 1.807) is 18.2 Å². The second-order valence-corrected chi connectivity index (χ2v) is 7.41. The number of aromatic nitrogens is 1. The molecule has 27 heavy (non-hydrogen) atoms. The number of carbonyl (C=O) groups is 1. The number of methoxy groups -OCH3 is 1. The summed E-state index contributed by atoms with van der Waals surface area (Å²) in [6.45, 7) is 1.82. The average molecular weight is 380 g/mol. The Morgan fingerprint density at radius 2 is 2.00 bits per heavy atom. The van der Waals surface area contributed by atoms with E-state index in [0.717, 1.165) is 36.3 Å². The largest absolute Gasteiger partial charge is 0.497 e. The molecule has 1 unspecified atom stereocenters. The van der Waals surface area contributed by atoms with Crippen LogP contribution in [-0.4, -0.2) is 29.0 Å². The molecule has 1 aliphatic carbocycles. The van der Waals surface area contributed by atoms with Gasteiger partial charge in [0, 0.05) is 5.69 Å². The first kappa shape index (κ1) is 17.7. The number of nitrogens with zero attached hydrogens (tertiary/aromatic N) is 4. The quantitative estimate of drug-likeness (QED) is 0.828. The fourth-order valence-electron chi connectivity index (χ4n) is 3.92. The minimum Gasteiger partial charge on any atom is -0.497 e. The highest BCUT2D eigenvalue weighted by atomic mass is 32.1. The predicted octanol–water partition coefficient (Wildman–Crippen LogP) is 3.26. The van der Waals surface area contributed by atoms with E-state index >= 15 is 0 Å². The SMILES string of the molecule is COc1ccc(N2C(S)N(c3cnc(C#N)c(C)c3)C(=O)C23CCC3)cc1. The van der Waals surface area contributed by atoms with Crippen molar-refractivity contribution < 1.29 is 9.53 Å². The molecule has 1 spiro atoms. The first-order valence-electron chi connectivity index (χ1n) is 8.84. The molecule has 1 atom stereocenters. The molecule has 1 aliphatic heterocycles. The molecular formula is C20H20N4O2S. The summed E-state index contributed by atoms with van der Waals surface area (Å²) in [6, 6.07) is 11.6. The van der Waals surface area contributed by atoms with Crippen LogP contribution in [0.15, 0.2) is 36.5 Å². The van der Waals surface area contributed by atoms with Gasteiger partial charge in [-0.15, -0.1) is 12.6 Å². The predicted molar refractivity (Wildman–Crippen MR) is 106 cm³/mol. The summed E-state index contributed by atoms with van der Waals surface area (Å²) in [4.78, 5) is 21.4. The van der Waals surface area contributed by atoms with Crippen LogP contribution in [0.2, 0.25) is 0 Å². The molecule has 7 heteroatoms. The summed E-state index contributed by atoms with van der Waals surface area (Å²) in [5.41, 5.74) is 1.70. The molecule has 1 aromatic heterocycles. The number of amides is 1. The van der Waals surface area contributed by atoms with Crippen LogP contribution in [0.3, 0.4) is 0 Å². The third-order valence-electron chi connectivity index (χ3n) is 5.52. The normalized spacial score (nSPS) is 20.5. The number of pyridine rings is 1. The van der Waals surface area contributed by atoms with E-state index in [0.29, 0.717) is 11.4 Å². The average Bonchev–Trinajstić information content (AvgIpc) is 2.88. The Morgan fingerprint density at radius 1 is 1.30 bits per heavy atom. The van der Waals surface area contributed by atoms with Gasteiger partial charge >= 0.3 is 0 Å². The van der Waals surface area contributed by atoms with Crippen molar-refractivity contribution in [3.8, 4) is 11.8 Å². The van der Waals surface area contributed by atoms with Crippen molar-refractivity contribution in [2.75, 3.05) is 16.9 Å². The van der Waals surface area contributed by atoms with Crippen LogP contribution < -0.4 is 14.5 Å². The molecule has 2 aromatic rings. The fraction of sp³-hybridized carbons (Fsp3) is 0.350. The number of anilines is 2. The van der Waals surface area contributed by atoms with Gasteiger partial charge in [0.2, 0.25) is 0 Å². The lowest BCUT2D eigenvalue weighted by atomic mass is 9.75. The van der Waals surface area contributed by atoms with Crippen LogP contribution in [0.5, 0.6) is 5.75 Å². The highest BCUT2D eigenvalue weighted by Crippen LogP contribution is 2.50. The lowest BCUT2D eigenvalue weighted by molar-refractivity contribution is -0.124. The van der Waals surface area contributed by atoms with E-state index < -0.39 is 11.0 Å². The van der Waals surface area contributed by atoms with Crippen LogP contribution in [-0.2, 0) is 4.79 Å². The van der Waals surface area contributed by atoms with E-state index in [9.17, 15) is 4.79 Å². The molecule has 2 aliphatic rings. The van der Waals surface area contributed by atoms with Gasteiger partial charge in [0.1, 0.15) is 23.1 Å². The van der Waals surface area contributed by atoms with Crippen molar-refractivity contribution in [1.82, 2.24) is 4.98 Å². The number of aryl methyl sites for hydroxylation is 1. The number of hydrogen-bond acceptors (Lipinski definition) is 6. The Bertz CT molecular complexity index is 934. The maximum absolute atomic E-state index is 13.4. The van der Waals surface area contributed by atoms with Gasteiger partial charge in [0.05, 0.1) is 19.0 Å². The molecular weight excluding hydrogens is 360 g/mol. The minimum atomic E-state index is -0.567. The van der Waals surface area contributed by atoms with Crippen molar-refractivity contribution in [3.05, 3.63) is 47.8 Å². The fourth-order valence-corrected chi connectivity index (χ4v) is 4.51. The molecule has 4 rings (SSSR count). The summed E-state index contributed by atoms with van der Waals surface area (Å²) in [7, 11) is 1.63. The third-order valence-corrected chi connectivity index (χ3v) is 5.98. The maximum Gasteiger partial charge on any atom is 0.255 e. The number of thiol groups is 1. The van der Waals surface area contributed by atoms with Crippen LogP contribution in [0, 0.1) is 18.3 Å². The first-order chi connectivity index (χ1) is 13.0. The summed E-state index contributed by atoms with van der Waals surface area (Å²) in [6.07, 6.45) is 4.19. The highest BCUT2D eigenvalue weighted by Gasteiger charge is 2.60. The van der Waals surface area contributed by atoms with Gasteiger partial charge in [-0.2, -0.15) is 5.26 Å². The Hall–Kier alpha value is -2.72. The molecule has 1 aromatic carbocycles. The zero-order valence-corrected chi connectivity index (χ0v) is 16.1. The number of ether oxygens (including phenoxy) is 1. The summed E-state index contributed by atoms with van der Waals surface area (Å²) >= 11 is 4.80. The van der Waals surface area contributed by atoms with Crippen molar-refractivity contribution >= 4 is 29.9 Å². The summed E-state index contributed by atoms with van der Waals surface area (Å²) in [5, 5.41) is 9.12. The van der Waals surface area contributed by atoms with Gasteiger partial charge in [0.25, 0.3) is 5.91 Å². The first-order valence-corrected chi connectivity index (χ1v) is 9.35. The van der Waals surface area contributed by atoms with Gasteiger partial charge in [-0.3, -0.25) is 9.69 Å². The summed E-state index contributed by atoms with van der Waals surface area (Å²) < 4.78 is 5.25. The Balaban J connectivity index is 1.76. The Morgan fingerprint density at radius 3 is 2.52 bits per heavy atom. The van der Waals surface area contributed by atoms with Crippen LogP contribution in [0.4, 0.5) is 11.4 Å². The Kier molecular flexibility index (Phi) is 4.23. The molecule has 1 saturated carbocycles. The van der Waals surface area contributed by atoms with Crippen molar-refractivity contribution in [1.29, 1.82) is 5.26 Å². The van der Waals surface area contributed by atoms with E-state index in [4.69, 9.17) is 22.6 Å². The standard InChI is InChI=1S/C20H20N4O2S/c1-13-10-15(12-22-17(13)11-21)23-18(25)20(8-3-9-20)24(19(23)27)14-4-6-16(26-2)7-5-14/h4-7,10,12,19,27H,3,8-9H2,1-2H3. The van der Waals surface area contributed by atoms with Crippen molar-refractivity contribution in [2.45, 2.75) is 37.2 Å². The number of nitriles is 1. The minimum absolute atomic E-state index is 0.0375. The van der Waals surface area contributed by atoms with Gasteiger partial charge in [-0.25, -0.2) is 4.98 Å². The molecule has 0 radical (unpaired) electrons. The molecule has 2 fully saturated rings. The second-order valence-electron chi connectivity index (χ2n) is 6.95. The number of benzene rings is 1. The molecule has 138 valence electrons. The van der Waals surface area contributed by atoms with Gasteiger partial charge in [-0.05, 0) is 62.1 Å². The molecule has 0 N–H and O–H groups in total. The van der Waals surface area contributed by atoms with Crippen molar-refractivity contribution in [3.63, 3.8) is 0 Å². The monoisotopic (exact) mass is 380 g/mol. The smallest absolute Gasteiger partial charge is 0.255 e. The highest BCUT2D eigenvalue weighted by molar-refractivity contribution is 7.81. The van der Waals surface area contributed by atoms with Gasteiger partial charge < -0.3 is 9.64 Å². The van der Waals surface area contributed by atoms with Gasteiger partial charge in [-0.1, -0.05) is 0 Å². The second kappa shape index (κ2) is 6.46. The van der Waals surface area contributed by atoms with E-state index in [2.05, 4.69) is 16.0 Å². The van der Waals surface area contributed by atoms with Crippen molar-refractivity contribution in [2.24, 2.45) is 0 Å². The zero-order chi connectivity index (χ0) is 19.2. The van der Waals surface area contributed by atoms with E-state index in [1.807, 2.05) is 37.3 Å². The third kappa shape index (κ3) is 2.55. The molecule has 6 nitrogen and oxygen atoms in total. The summed E-state index contributed by atoms with van der Waals surface area (Å²) in [5.74, 6) is 0.807. The zero-order valence-electron chi connectivity index (χ0n) is 15.2. The Labute approximate surface area is 163 Å². The van der Waals surface area contributed by atoms with E-state index in [-0.39, 0.29) is 5.91 Å². The number of rotatable bonds is 3.